The van der Waals surface area contributed by atoms with E-state index >= 15 is 0 Å². The highest BCUT2D eigenvalue weighted by atomic mass is 19.1. The third-order valence-electron chi connectivity index (χ3n) is 5.40. The van der Waals surface area contributed by atoms with Gasteiger partial charge >= 0.3 is 0 Å². The summed E-state index contributed by atoms with van der Waals surface area (Å²) in [5.74, 6) is 1.05. The second-order valence-electron chi connectivity index (χ2n) is 8.81. The van der Waals surface area contributed by atoms with E-state index in [9.17, 15) is 9.18 Å². The van der Waals surface area contributed by atoms with Gasteiger partial charge < -0.3 is 15.4 Å². The van der Waals surface area contributed by atoms with Crippen molar-refractivity contribution in [3.8, 4) is 5.95 Å². The summed E-state index contributed by atoms with van der Waals surface area (Å²) < 4.78 is 20.3. The van der Waals surface area contributed by atoms with Gasteiger partial charge in [-0.2, -0.15) is 4.98 Å². The summed E-state index contributed by atoms with van der Waals surface area (Å²) in [5, 5.41) is 6.34. The number of anilines is 1. The summed E-state index contributed by atoms with van der Waals surface area (Å²) in [6.45, 7) is 7.97. The molecular weight excluding hydrogens is 447 g/mol. The van der Waals surface area contributed by atoms with Crippen LogP contribution in [-0.4, -0.2) is 51.2 Å². The van der Waals surface area contributed by atoms with Crippen molar-refractivity contribution < 1.29 is 13.9 Å². The summed E-state index contributed by atoms with van der Waals surface area (Å²) in [5.41, 5.74) is 1.84. The zero-order valence-corrected chi connectivity index (χ0v) is 20.7. The molecular formula is C26H35FN6O2. The van der Waals surface area contributed by atoms with Gasteiger partial charge in [0, 0.05) is 43.9 Å². The number of nitrogens with one attached hydrogen (secondary N) is 2. The second-order valence-corrected chi connectivity index (χ2v) is 8.81. The fourth-order valence-corrected chi connectivity index (χ4v) is 3.64. The highest BCUT2D eigenvalue weighted by Gasteiger charge is 2.21. The number of ether oxygens (including phenoxy) is 1. The standard InChI is InChI=1S/C26H35FN6O2/c1-4-35-15-5-12-29-25(34)23(16-19(2)3)31-24-17-22(11-8-20-6-9-21(27)10-7-20)30-26(32-24)33-14-13-28-18-33/h6-7,9-10,13-14,17-19,23H,4-5,8,11-12,15-16H2,1-3H3,(H,29,34)(H,30,31,32)/t23-/m0/s1. The number of halogens is 1. The lowest BCUT2D eigenvalue weighted by Crippen LogP contribution is -2.41. The summed E-state index contributed by atoms with van der Waals surface area (Å²) >= 11 is 0. The average molecular weight is 483 g/mol. The molecule has 9 heteroatoms. The quantitative estimate of drug-likeness (QED) is 0.338. The zero-order chi connectivity index (χ0) is 25.0. The zero-order valence-electron chi connectivity index (χ0n) is 20.7. The van der Waals surface area contributed by atoms with Crippen LogP contribution in [0.1, 0.15) is 44.9 Å². The maximum atomic E-state index is 13.2. The largest absolute Gasteiger partial charge is 0.382 e. The minimum absolute atomic E-state index is 0.0640. The lowest BCUT2D eigenvalue weighted by atomic mass is 10.0. The maximum absolute atomic E-state index is 13.2. The molecule has 0 unspecified atom stereocenters. The highest BCUT2D eigenvalue weighted by Crippen LogP contribution is 2.17. The van der Waals surface area contributed by atoms with Gasteiger partial charge in [-0.15, -0.1) is 0 Å². The van der Waals surface area contributed by atoms with Crippen molar-refractivity contribution in [2.24, 2.45) is 5.92 Å². The number of hydrogen-bond acceptors (Lipinski definition) is 6. The van der Waals surface area contributed by atoms with Gasteiger partial charge in [0.25, 0.3) is 0 Å². The van der Waals surface area contributed by atoms with Crippen molar-refractivity contribution in [1.29, 1.82) is 0 Å². The molecule has 0 spiro atoms. The Morgan fingerprint density at radius 1 is 1.17 bits per heavy atom. The van der Waals surface area contributed by atoms with Gasteiger partial charge in [0.1, 0.15) is 24.0 Å². The molecule has 3 rings (SSSR count). The van der Waals surface area contributed by atoms with Crippen molar-refractivity contribution in [3.05, 3.63) is 66.1 Å². The number of hydrogen-bond donors (Lipinski definition) is 2. The third-order valence-corrected chi connectivity index (χ3v) is 5.40. The maximum Gasteiger partial charge on any atom is 0.242 e. The fraction of sp³-hybridized carbons (Fsp3) is 0.462. The first-order chi connectivity index (χ1) is 16.9. The molecule has 0 radical (unpaired) electrons. The molecule has 3 aromatic rings. The first-order valence-corrected chi connectivity index (χ1v) is 12.2. The molecule has 1 aromatic carbocycles. The molecule has 35 heavy (non-hydrogen) atoms. The third kappa shape index (κ3) is 8.75. The Balaban J connectivity index is 1.76. The number of aryl methyl sites for hydroxylation is 2. The predicted octanol–water partition coefficient (Wildman–Crippen LogP) is 3.96. The van der Waals surface area contributed by atoms with E-state index in [2.05, 4.69) is 39.4 Å². The predicted molar refractivity (Wildman–Crippen MR) is 134 cm³/mol. The van der Waals surface area contributed by atoms with E-state index in [1.54, 1.807) is 35.4 Å². The molecule has 1 atom stereocenters. The van der Waals surface area contributed by atoms with E-state index < -0.39 is 6.04 Å². The minimum Gasteiger partial charge on any atom is -0.382 e. The van der Waals surface area contributed by atoms with Crippen molar-refractivity contribution in [2.45, 2.75) is 52.5 Å². The lowest BCUT2D eigenvalue weighted by Gasteiger charge is -2.21. The molecule has 188 valence electrons. The lowest BCUT2D eigenvalue weighted by molar-refractivity contribution is -0.122. The number of carbonyl (C=O) groups excluding carboxylic acids is 1. The number of aromatic nitrogens is 4. The van der Waals surface area contributed by atoms with Gasteiger partial charge in [-0.05, 0) is 56.2 Å². The Morgan fingerprint density at radius 2 is 1.97 bits per heavy atom. The Kier molecular flexibility index (Phi) is 10.2. The van der Waals surface area contributed by atoms with Crippen LogP contribution in [0.5, 0.6) is 0 Å². The van der Waals surface area contributed by atoms with Gasteiger partial charge in [0.2, 0.25) is 11.9 Å². The SMILES string of the molecule is CCOCCCNC(=O)[C@H](CC(C)C)Nc1cc(CCc2ccc(F)cc2)nc(-n2ccnc2)n1. The van der Waals surface area contributed by atoms with Crippen LogP contribution in [0.15, 0.2) is 49.1 Å². The number of amides is 1. The van der Waals surface area contributed by atoms with E-state index in [1.165, 1.54) is 12.1 Å². The normalized spacial score (nSPS) is 12.0. The Bertz CT molecular complexity index is 1040. The van der Waals surface area contributed by atoms with Gasteiger partial charge in [0.15, 0.2) is 0 Å². The van der Waals surface area contributed by atoms with E-state index in [-0.39, 0.29) is 11.7 Å². The van der Waals surface area contributed by atoms with Crippen LogP contribution in [-0.2, 0) is 22.4 Å². The van der Waals surface area contributed by atoms with Crippen LogP contribution in [0.4, 0.5) is 10.2 Å². The summed E-state index contributed by atoms with van der Waals surface area (Å²) in [6.07, 6.45) is 7.85. The summed E-state index contributed by atoms with van der Waals surface area (Å²) in [6, 6.07) is 7.92. The van der Waals surface area contributed by atoms with E-state index in [0.29, 0.717) is 56.7 Å². The molecule has 0 aliphatic rings. The van der Waals surface area contributed by atoms with E-state index in [4.69, 9.17) is 4.74 Å². The molecule has 1 amide bonds. The number of imidazole rings is 1. The summed E-state index contributed by atoms with van der Waals surface area (Å²) in [4.78, 5) is 26.4. The molecule has 0 saturated carbocycles. The van der Waals surface area contributed by atoms with Crippen molar-refractivity contribution >= 4 is 11.7 Å². The van der Waals surface area contributed by atoms with Gasteiger partial charge in [-0.25, -0.2) is 14.4 Å². The van der Waals surface area contributed by atoms with E-state index in [0.717, 1.165) is 17.7 Å². The smallest absolute Gasteiger partial charge is 0.242 e. The fourth-order valence-electron chi connectivity index (χ4n) is 3.64. The molecule has 0 fully saturated rings. The van der Waals surface area contributed by atoms with Crippen LogP contribution in [0, 0.1) is 11.7 Å². The molecule has 0 aliphatic heterocycles. The molecule has 2 heterocycles. The Hall–Kier alpha value is -3.33. The Morgan fingerprint density at radius 3 is 2.66 bits per heavy atom. The Labute approximate surface area is 206 Å². The van der Waals surface area contributed by atoms with E-state index in [1.807, 2.05) is 13.0 Å². The summed E-state index contributed by atoms with van der Waals surface area (Å²) in [7, 11) is 0. The first-order valence-electron chi connectivity index (χ1n) is 12.2. The van der Waals surface area contributed by atoms with Crippen LogP contribution in [0.3, 0.4) is 0 Å². The second kappa shape index (κ2) is 13.5. The van der Waals surface area contributed by atoms with Gasteiger partial charge in [-0.3, -0.25) is 9.36 Å². The first kappa shape index (κ1) is 26.3. The van der Waals surface area contributed by atoms with Crippen molar-refractivity contribution in [3.63, 3.8) is 0 Å². The van der Waals surface area contributed by atoms with Crippen LogP contribution in [0.2, 0.25) is 0 Å². The molecule has 0 saturated heterocycles. The van der Waals surface area contributed by atoms with Crippen LogP contribution >= 0.6 is 0 Å². The number of nitrogens with zero attached hydrogens (tertiary/aromatic N) is 4. The van der Waals surface area contributed by atoms with Crippen LogP contribution in [0.25, 0.3) is 5.95 Å². The molecule has 8 nitrogen and oxygen atoms in total. The monoisotopic (exact) mass is 482 g/mol. The molecule has 2 N–H and O–H groups in total. The topological polar surface area (TPSA) is 94.0 Å². The number of benzene rings is 1. The van der Waals surface area contributed by atoms with Gasteiger partial charge in [0.05, 0.1) is 0 Å². The highest BCUT2D eigenvalue weighted by molar-refractivity contribution is 5.84. The average Bonchev–Trinajstić information content (AvgIpc) is 3.38. The van der Waals surface area contributed by atoms with Crippen molar-refractivity contribution in [1.82, 2.24) is 24.8 Å². The number of rotatable bonds is 14. The van der Waals surface area contributed by atoms with Gasteiger partial charge in [-0.1, -0.05) is 26.0 Å². The number of carbonyl (C=O) groups is 1. The molecule has 2 aromatic heterocycles. The minimum atomic E-state index is -0.433. The van der Waals surface area contributed by atoms with Crippen LogP contribution < -0.4 is 10.6 Å². The molecule has 0 aliphatic carbocycles. The van der Waals surface area contributed by atoms with Crippen molar-refractivity contribution in [2.75, 3.05) is 25.1 Å². The molecule has 0 bridgehead atoms.